The maximum atomic E-state index is 13.7. The van der Waals surface area contributed by atoms with Gasteiger partial charge in [-0.25, -0.2) is 0 Å². The third kappa shape index (κ3) is 6.19. The second kappa shape index (κ2) is 11.6. The van der Waals surface area contributed by atoms with E-state index in [-0.39, 0.29) is 40.6 Å². The number of hydrogen-bond acceptors (Lipinski definition) is 7. The molecule has 1 aromatic heterocycles. The highest BCUT2D eigenvalue weighted by molar-refractivity contribution is 5.97. The number of piperidine rings is 1. The summed E-state index contributed by atoms with van der Waals surface area (Å²) in [5.74, 6) is -0.269. The van der Waals surface area contributed by atoms with E-state index >= 15 is 0 Å². The fourth-order valence-corrected chi connectivity index (χ4v) is 5.85. The maximum Gasteiger partial charge on any atom is 0.269 e. The van der Waals surface area contributed by atoms with E-state index in [1.807, 2.05) is 12.1 Å². The van der Waals surface area contributed by atoms with Crippen molar-refractivity contribution in [1.29, 1.82) is 0 Å². The van der Waals surface area contributed by atoms with Crippen molar-refractivity contribution in [3.63, 3.8) is 0 Å². The van der Waals surface area contributed by atoms with Crippen LogP contribution in [0.4, 0.5) is 5.69 Å². The summed E-state index contributed by atoms with van der Waals surface area (Å²) in [4.78, 5) is 46.1. The van der Waals surface area contributed by atoms with Gasteiger partial charge in [0.1, 0.15) is 6.04 Å². The molecule has 2 amide bonds. The van der Waals surface area contributed by atoms with Gasteiger partial charge in [0.2, 0.25) is 5.91 Å². The lowest BCUT2D eigenvalue weighted by Gasteiger charge is -2.43. The van der Waals surface area contributed by atoms with Crippen LogP contribution in [0.25, 0.3) is 0 Å². The van der Waals surface area contributed by atoms with Gasteiger partial charge < -0.3 is 16.0 Å². The number of non-ortho nitro benzene ring substituents is 1. The molecule has 3 fully saturated rings. The molecule has 10 heteroatoms. The number of benzene rings is 1. The van der Waals surface area contributed by atoms with Gasteiger partial charge in [-0.3, -0.25) is 29.6 Å². The minimum Gasteiger partial charge on any atom is -0.352 e. The molecule has 1 saturated heterocycles. The summed E-state index contributed by atoms with van der Waals surface area (Å²) in [6.07, 6.45) is 10.2. The number of hydrogen-bond donors (Lipinski definition) is 2. The van der Waals surface area contributed by atoms with Gasteiger partial charge in [0.15, 0.2) is 0 Å². The Bertz CT molecular complexity index is 1130. The number of amides is 2. The summed E-state index contributed by atoms with van der Waals surface area (Å²) < 4.78 is 0. The lowest BCUT2D eigenvalue weighted by Crippen LogP contribution is -2.59. The van der Waals surface area contributed by atoms with Crippen LogP contribution in [0.1, 0.15) is 67.3 Å². The number of likely N-dealkylation sites (tertiary alicyclic amines) is 1. The average Bonchev–Trinajstić information content (AvgIpc) is 3.78. The van der Waals surface area contributed by atoms with Crippen molar-refractivity contribution >= 4 is 17.5 Å². The van der Waals surface area contributed by atoms with Crippen molar-refractivity contribution in [3.8, 4) is 0 Å². The Kier molecular flexibility index (Phi) is 7.99. The van der Waals surface area contributed by atoms with Crippen molar-refractivity contribution in [3.05, 3.63) is 70.0 Å². The number of aromatic nitrogens is 1. The first-order valence-corrected chi connectivity index (χ1v) is 13.6. The van der Waals surface area contributed by atoms with Crippen LogP contribution in [0, 0.1) is 10.1 Å². The van der Waals surface area contributed by atoms with Gasteiger partial charge in [0, 0.05) is 61.8 Å². The number of nitrogens with zero attached hydrogens (tertiary/aromatic N) is 4. The van der Waals surface area contributed by atoms with Crippen molar-refractivity contribution < 1.29 is 14.5 Å². The standard InChI is InChI=1S/C28H36N6O4/c29-21-5-7-22(8-6-21)31-27(35)26-16-25(13-15-32(26)28(36)20-2-1-14-30-17-20)33(23-11-12-23)18-19-3-9-24(10-4-19)34(37)38/h1-4,9-10,14,17,21-23,25-26H,5-8,11-13,15-16,18,29H2,(H,31,35)/t21?,22?,25?,26-/m1/s1. The molecule has 0 radical (unpaired) electrons. The molecular formula is C28H36N6O4. The molecule has 2 atom stereocenters. The molecule has 2 saturated carbocycles. The molecule has 10 nitrogen and oxygen atoms in total. The number of nitrogens with one attached hydrogen (secondary N) is 1. The van der Waals surface area contributed by atoms with Gasteiger partial charge in [0.05, 0.1) is 10.5 Å². The minimum absolute atomic E-state index is 0.0781. The molecule has 0 bridgehead atoms. The fourth-order valence-electron chi connectivity index (χ4n) is 5.85. The predicted octanol–water partition coefficient (Wildman–Crippen LogP) is 3.01. The molecule has 202 valence electrons. The van der Waals surface area contributed by atoms with E-state index in [2.05, 4.69) is 15.2 Å². The molecule has 3 N–H and O–H groups in total. The zero-order valence-electron chi connectivity index (χ0n) is 21.6. The second-order valence-electron chi connectivity index (χ2n) is 10.9. The second-order valence-corrected chi connectivity index (χ2v) is 10.9. The molecular weight excluding hydrogens is 484 g/mol. The van der Waals surface area contributed by atoms with Gasteiger partial charge in [-0.05, 0) is 69.1 Å². The number of nitro groups is 1. The van der Waals surface area contributed by atoms with Gasteiger partial charge in [-0.15, -0.1) is 0 Å². The monoisotopic (exact) mass is 520 g/mol. The van der Waals surface area contributed by atoms with E-state index in [1.165, 1.54) is 0 Å². The first kappa shape index (κ1) is 26.2. The Hall–Kier alpha value is -3.37. The van der Waals surface area contributed by atoms with Gasteiger partial charge in [-0.2, -0.15) is 0 Å². The zero-order chi connectivity index (χ0) is 26.6. The van der Waals surface area contributed by atoms with Crippen LogP contribution in [-0.2, 0) is 11.3 Å². The molecule has 1 unspecified atom stereocenters. The normalized spacial score (nSPS) is 25.7. The first-order chi connectivity index (χ1) is 18.4. The van der Waals surface area contributed by atoms with Crippen LogP contribution in [-0.4, -0.2) is 68.3 Å². The number of nitrogens with two attached hydrogens (primary N) is 1. The topological polar surface area (TPSA) is 135 Å². The summed E-state index contributed by atoms with van der Waals surface area (Å²) in [6, 6.07) is 10.4. The Balaban J connectivity index is 1.33. The SMILES string of the molecule is NC1CCC(NC(=O)[C@H]2CC(N(Cc3ccc([N+](=O)[O-])cc3)C3CC3)CCN2C(=O)c2cccnc2)CC1. The molecule has 2 aliphatic carbocycles. The van der Waals surface area contributed by atoms with Crippen LogP contribution in [0.2, 0.25) is 0 Å². The Labute approximate surface area is 222 Å². The smallest absolute Gasteiger partial charge is 0.269 e. The summed E-state index contributed by atoms with van der Waals surface area (Å²) in [5.41, 5.74) is 7.63. The summed E-state index contributed by atoms with van der Waals surface area (Å²) >= 11 is 0. The van der Waals surface area contributed by atoms with Crippen LogP contribution in [0.3, 0.4) is 0 Å². The minimum atomic E-state index is -0.574. The number of pyridine rings is 1. The van der Waals surface area contributed by atoms with E-state index in [9.17, 15) is 19.7 Å². The lowest BCUT2D eigenvalue weighted by molar-refractivity contribution is -0.384. The molecule has 1 aliphatic heterocycles. The van der Waals surface area contributed by atoms with Gasteiger partial charge >= 0.3 is 0 Å². The third-order valence-corrected chi connectivity index (χ3v) is 8.16. The zero-order valence-corrected chi connectivity index (χ0v) is 21.6. The fraction of sp³-hybridized carbons (Fsp3) is 0.536. The summed E-state index contributed by atoms with van der Waals surface area (Å²) in [7, 11) is 0. The number of carbonyl (C=O) groups excluding carboxylic acids is 2. The maximum absolute atomic E-state index is 13.7. The largest absolute Gasteiger partial charge is 0.352 e. The molecule has 3 aliphatic rings. The molecule has 38 heavy (non-hydrogen) atoms. The van der Waals surface area contributed by atoms with E-state index in [0.717, 1.165) is 50.5 Å². The number of carbonyl (C=O) groups is 2. The van der Waals surface area contributed by atoms with Crippen LogP contribution in [0.5, 0.6) is 0 Å². The van der Waals surface area contributed by atoms with Gasteiger partial charge in [-0.1, -0.05) is 12.1 Å². The molecule has 2 aromatic rings. The van der Waals surface area contributed by atoms with Crippen LogP contribution >= 0.6 is 0 Å². The summed E-state index contributed by atoms with van der Waals surface area (Å²) in [6.45, 7) is 1.15. The van der Waals surface area contributed by atoms with Crippen molar-refractivity contribution in [2.45, 2.75) is 88.1 Å². The highest BCUT2D eigenvalue weighted by Crippen LogP contribution is 2.35. The van der Waals surface area contributed by atoms with E-state index in [4.69, 9.17) is 5.73 Å². The highest BCUT2D eigenvalue weighted by atomic mass is 16.6. The number of nitro benzene ring substituents is 1. The quantitative estimate of drug-likeness (QED) is 0.403. The number of rotatable bonds is 8. The lowest BCUT2D eigenvalue weighted by atomic mass is 9.90. The molecule has 2 heterocycles. The molecule has 1 aromatic carbocycles. The van der Waals surface area contributed by atoms with Crippen LogP contribution < -0.4 is 11.1 Å². The Morgan fingerprint density at radius 3 is 2.42 bits per heavy atom. The first-order valence-electron chi connectivity index (χ1n) is 13.6. The Morgan fingerprint density at radius 1 is 1.05 bits per heavy atom. The van der Waals surface area contributed by atoms with Crippen LogP contribution in [0.15, 0.2) is 48.8 Å². The third-order valence-electron chi connectivity index (χ3n) is 8.16. The molecule has 0 spiro atoms. The highest BCUT2D eigenvalue weighted by Gasteiger charge is 2.42. The predicted molar refractivity (Wildman–Crippen MR) is 142 cm³/mol. The van der Waals surface area contributed by atoms with Crippen molar-refractivity contribution in [2.24, 2.45) is 5.73 Å². The van der Waals surface area contributed by atoms with Crippen molar-refractivity contribution in [2.75, 3.05) is 6.54 Å². The van der Waals surface area contributed by atoms with E-state index in [0.29, 0.717) is 31.1 Å². The average molecular weight is 521 g/mol. The van der Waals surface area contributed by atoms with Crippen molar-refractivity contribution in [1.82, 2.24) is 20.1 Å². The van der Waals surface area contributed by atoms with E-state index in [1.54, 1.807) is 41.6 Å². The summed E-state index contributed by atoms with van der Waals surface area (Å²) in [5, 5.41) is 14.3. The Morgan fingerprint density at radius 2 is 1.79 bits per heavy atom. The van der Waals surface area contributed by atoms with E-state index < -0.39 is 6.04 Å². The molecule has 5 rings (SSSR count). The van der Waals surface area contributed by atoms with Gasteiger partial charge in [0.25, 0.3) is 11.6 Å².